The highest BCUT2D eigenvalue weighted by atomic mass is 35.5. The van der Waals surface area contributed by atoms with Crippen molar-refractivity contribution in [3.63, 3.8) is 0 Å². The van der Waals surface area contributed by atoms with Crippen LogP contribution in [-0.2, 0) is 25.5 Å². The van der Waals surface area contributed by atoms with Gasteiger partial charge in [-0.05, 0) is 55.4 Å². The lowest BCUT2D eigenvalue weighted by Gasteiger charge is -2.34. The predicted molar refractivity (Wildman–Crippen MR) is 127 cm³/mol. The molecule has 3 heterocycles. The van der Waals surface area contributed by atoms with E-state index in [2.05, 4.69) is 9.73 Å². The summed E-state index contributed by atoms with van der Waals surface area (Å²) in [6.07, 6.45) is 2.57. The Kier molecular flexibility index (Phi) is 7.96. The van der Waals surface area contributed by atoms with Crippen LogP contribution in [0.15, 0.2) is 22.9 Å². The van der Waals surface area contributed by atoms with Crippen molar-refractivity contribution in [3.8, 4) is 0 Å². The third-order valence-corrected chi connectivity index (χ3v) is 7.47. The zero-order valence-electron chi connectivity index (χ0n) is 19.3. The number of nitrogens with zero attached hydrogens (tertiary/aromatic N) is 2. The smallest absolute Gasteiger partial charge is 0.387 e. The van der Waals surface area contributed by atoms with E-state index < -0.39 is 36.2 Å². The maximum absolute atomic E-state index is 13.5. The van der Waals surface area contributed by atoms with Gasteiger partial charge in [0.2, 0.25) is 0 Å². The summed E-state index contributed by atoms with van der Waals surface area (Å²) in [5.74, 6) is -5.08. The van der Waals surface area contributed by atoms with Crippen LogP contribution in [0.25, 0.3) is 0 Å². The molecule has 0 aromatic heterocycles. The molecule has 1 saturated heterocycles. The lowest BCUT2D eigenvalue weighted by molar-refractivity contribution is -0.141. The topological polar surface area (TPSA) is 106 Å². The number of rotatable bonds is 7. The molecule has 4 rings (SSSR count). The molecule has 2 unspecified atom stereocenters. The predicted octanol–water partition coefficient (Wildman–Crippen LogP) is 4.33. The average molecular weight is 545 g/mol. The lowest BCUT2D eigenvalue weighted by atomic mass is 9.79. The van der Waals surface area contributed by atoms with Crippen molar-refractivity contribution in [2.45, 2.75) is 38.7 Å². The highest BCUT2D eigenvalue weighted by molar-refractivity contribution is 6.37. The number of carbonyl (C=O) groups is 3. The Morgan fingerprint density at radius 2 is 2.00 bits per heavy atom. The zero-order valence-corrected chi connectivity index (χ0v) is 20.8. The Balaban J connectivity index is 1.67. The molecule has 194 valence electrons. The van der Waals surface area contributed by atoms with Crippen molar-refractivity contribution in [1.82, 2.24) is 4.90 Å². The van der Waals surface area contributed by atoms with Gasteiger partial charge >= 0.3 is 12.6 Å². The Labute approximate surface area is 215 Å². The van der Waals surface area contributed by atoms with Gasteiger partial charge in [-0.3, -0.25) is 14.4 Å². The normalized spacial score (nSPS) is 21.7. The van der Waals surface area contributed by atoms with E-state index in [1.807, 2.05) is 0 Å². The Morgan fingerprint density at radius 3 is 2.64 bits per heavy atom. The number of aliphatic carboxylic acids is 1. The molecule has 3 aliphatic heterocycles. The third-order valence-electron chi connectivity index (χ3n) is 6.72. The number of fused-ring (bicyclic) bond motifs is 1. The molecule has 1 fully saturated rings. The van der Waals surface area contributed by atoms with Crippen LogP contribution < -0.4 is 0 Å². The van der Waals surface area contributed by atoms with Gasteiger partial charge in [0, 0.05) is 37.0 Å². The molecular weight excluding hydrogens is 521 g/mol. The maximum atomic E-state index is 13.5. The Hall–Kier alpha value is -2.56. The van der Waals surface area contributed by atoms with Crippen molar-refractivity contribution in [2.75, 3.05) is 26.3 Å². The van der Waals surface area contributed by atoms with Gasteiger partial charge in [0.05, 0.1) is 16.5 Å². The van der Waals surface area contributed by atoms with Gasteiger partial charge in [0.1, 0.15) is 11.7 Å². The Morgan fingerprint density at radius 1 is 1.31 bits per heavy atom. The summed E-state index contributed by atoms with van der Waals surface area (Å²) < 4.78 is 35.8. The van der Waals surface area contributed by atoms with Crippen molar-refractivity contribution in [2.24, 2.45) is 16.8 Å². The summed E-state index contributed by atoms with van der Waals surface area (Å²) in [4.78, 5) is 43.4. The number of carbonyl (C=O) groups excluding carboxylic acids is 2. The number of carboxylic acid groups (broad SMARTS) is 1. The fourth-order valence-electron chi connectivity index (χ4n) is 5.01. The number of hydrogen-bond donors (Lipinski definition) is 1. The molecule has 8 nitrogen and oxygen atoms in total. The fourth-order valence-corrected chi connectivity index (χ4v) is 5.69. The molecule has 36 heavy (non-hydrogen) atoms. The third kappa shape index (κ3) is 5.26. The second-order valence-corrected chi connectivity index (χ2v) is 9.74. The number of amides is 2. The average Bonchev–Trinajstić information content (AvgIpc) is 2.80. The van der Waals surface area contributed by atoms with Gasteiger partial charge in [0.25, 0.3) is 11.8 Å². The number of halogens is 4. The van der Waals surface area contributed by atoms with E-state index in [1.54, 1.807) is 0 Å². The van der Waals surface area contributed by atoms with Gasteiger partial charge in [-0.1, -0.05) is 23.2 Å². The van der Waals surface area contributed by atoms with Crippen LogP contribution in [0.4, 0.5) is 8.78 Å². The summed E-state index contributed by atoms with van der Waals surface area (Å²) in [7, 11) is 0. The molecule has 0 aliphatic carbocycles. The molecule has 0 bridgehead atoms. The van der Waals surface area contributed by atoms with E-state index in [0.29, 0.717) is 31.6 Å². The number of hydrogen-bond acceptors (Lipinski definition) is 5. The monoisotopic (exact) mass is 544 g/mol. The van der Waals surface area contributed by atoms with Crippen molar-refractivity contribution in [1.29, 1.82) is 0 Å². The number of ether oxygens (including phenoxy) is 2. The second kappa shape index (κ2) is 10.8. The van der Waals surface area contributed by atoms with Gasteiger partial charge in [-0.25, -0.2) is 4.99 Å². The van der Waals surface area contributed by atoms with E-state index in [0.717, 1.165) is 0 Å². The van der Waals surface area contributed by atoms with Crippen LogP contribution in [0.5, 0.6) is 0 Å². The van der Waals surface area contributed by atoms with Crippen LogP contribution >= 0.6 is 23.2 Å². The van der Waals surface area contributed by atoms with E-state index in [9.17, 15) is 28.3 Å². The molecule has 0 radical (unpaired) electrons. The summed E-state index contributed by atoms with van der Waals surface area (Å²) in [6, 6.07) is 1.51. The quantitative estimate of drug-likeness (QED) is 0.547. The highest BCUT2D eigenvalue weighted by Gasteiger charge is 2.39. The first kappa shape index (κ1) is 26.5. The SMILES string of the molecule is CC1=NC(=O)C(CN2CCc3c(Cl)cc(C(C(=O)O)C4CCOCC4)c(Cl)c3C2=O)C(OC(F)F)=C1. The Bertz CT molecular complexity index is 1150. The van der Waals surface area contributed by atoms with Crippen LogP contribution in [0.2, 0.25) is 10.0 Å². The van der Waals surface area contributed by atoms with Gasteiger partial charge in [-0.2, -0.15) is 8.78 Å². The van der Waals surface area contributed by atoms with Crippen molar-refractivity contribution < 1.29 is 37.7 Å². The van der Waals surface area contributed by atoms with Crippen LogP contribution in [0, 0.1) is 11.8 Å². The van der Waals surface area contributed by atoms with Gasteiger partial charge in [0.15, 0.2) is 0 Å². The van der Waals surface area contributed by atoms with Crippen molar-refractivity contribution in [3.05, 3.63) is 44.6 Å². The molecule has 2 amide bonds. The number of carboxylic acids is 1. The molecule has 3 aliphatic rings. The summed E-state index contributed by atoms with van der Waals surface area (Å²) in [5.41, 5.74) is 0.998. The first-order valence-corrected chi connectivity index (χ1v) is 12.2. The van der Waals surface area contributed by atoms with Crippen LogP contribution in [0.1, 0.15) is 47.2 Å². The molecule has 0 saturated carbocycles. The maximum Gasteiger partial charge on any atom is 0.387 e. The van der Waals surface area contributed by atoms with E-state index >= 15 is 0 Å². The van der Waals surface area contributed by atoms with Gasteiger partial charge in [-0.15, -0.1) is 0 Å². The minimum Gasteiger partial charge on any atom is -0.481 e. The number of benzene rings is 1. The number of aliphatic imine (C=N–C) groups is 1. The number of dihydropyridines is 1. The molecule has 1 N–H and O–H groups in total. The summed E-state index contributed by atoms with van der Waals surface area (Å²) >= 11 is 13.2. The zero-order chi connectivity index (χ0) is 26.1. The summed E-state index contributed by atoms with van der Waals surface area (Å²) in [6.45, 7) is -0.933. The fraction of sp³-hybridized carbons (Fsp3) is 0.500. The molecule has 1 aromatic carbocycles. The second-order valence-electron chi connectivity index (χ2n) is 8.95. The van der Waals surface area contributed by atoms with E-state index in [-0.39, 0.29) is 58.1 Å². The largest absolute Gasteiger partial charge is 0.481 e. The van der Waals surface area contributed by atoms with Crippen LogP contribution in [0.3, 0.4) is 0 Å². The number of alkyl halides is 2. The van der Waals surface area contributed by atoms with Crippen molar-refractivity contribution >= 4 is 46.7 Å². The first-order valence-electron chi connectivity index (χ1n) is 11.4. The molecule has 2 atom stereocenters. The molecule has 0 spiro atoms. The van der Waals surface area contributed by atoms with E-state index in [1.165, 1.54) is 24.0 Å². The highest BCUT2D eigenvalue weighted by Crippen LogP contribution is 2.42. The lowest BCUT2D eigenvalue weighted by Crippen LogP contribution is -2.44. The van der Waals surface area contributed by atoms with Crippen LogP contribution in [-0.4, -0.2) is 66.4 Å². The minimum absolute atomic E-state index is 0.00794. The molecular formula is C24H24Cl2F2N2O6. The standard InChI is InChI=1S/C24H24Cl2F2N2O6/c1-11-8-17(36-24(27)28)15(21(31)29-11)10-30-5-2-13-16(25)9-14(20(26)19(13)22(30)32)18(23(33)34)12-3-6-35-7-4-12/h8-9,12,15,18,24H,2-7,10H2,1H3,(H,33,34). The summed E-state index contributed by atoms with van der Waals surface area (Å²) in [5, 5.41) is 10.2. The first-order chi connectivity index (χ1) is 17.1. The minimum atomic E-state index is -3.15. The number of allylic oxidation sites excluding steroid dienone is 1. The van der Waals surface area contributed by atoms with Gasteiger partial charge < -0.3 is 19.5 Å². The molecule has 1 aromatic rings. The molecule has 12 heteroatoms. The van der Waals surface area contributed by atoms with E-state index in [4.69, 9.17) is 27.9 Å².